The zero-order valence-corrected chi connectivity index (χ0v) is 21.7. The number of piperidine rings is 2. The van der Waals surface area contributed by atoms with Crippen LogP contribution in [0.15, 0.2) is 51.7 Å². The van der Waals surface area contributed by atoms with Gasteiger partial charge < -0.3 is 19.2 Å². The lowest BCUT2D eigenvalue weighted by atomic mass is 9.83. The number of phenolic OH excluding ortho intramolecular Hbond substituents is 1. The van der Waals surface area contributed by atoms with Crippen molar-refractivity contribution >= 4 is 22.6 Å². The lowest BCUT2D eigenvalue weighted by Crippen LogP contribution is -2.51. The molecule has 6 nitrogen and oxygen atoms in total. The number of ether oxygens (including phenoxy) is 1. The van der Waals surface area contributed by atoms with Gasteiger partial charge in [-0.1, -0.05) is 48.4 Å². The number of hydrogen-bond donors (Lipinski definition) is 1. The summed E-state index contributed by atoms with van der Waals surface area (Å²) < 4.78 is 11.2. The van der Waals surface area contributed by atoms with Gasteiger partial charge in [-0.05, 0) is 61.9 Å². The van der Waals surface area contributed by atoms with E-state index in [9.17, 15) is 9.90 Å². The van der Waals surface area contributed by atoms with Crippen molar-refractivity contribution in [3.05, 3.63) is 63.5 Å². The molecule has 192 valence electrons. The highest BCUT2D eigenvalue weighted by Crippen LogP contribution is 2.39. The fourth-order valence-corrected chi connectivity index (χ4v) is 6.34. The Morgan fingerprint density at radius 3 is 2.75 bits per heavy atom. The van der Waals surface area contributed by atoms with E-state index in [-0.39, 0.29) is 10.8 Å². The maximum Gasteiger partial charge on any atom is 0.336 e. The monoisotopic (exact) mass is 510 g/mol. The van der Waals surface area contributed by atoms with Crippen LogP contribution in [0.2, 0.25) is 5.02 Å². The van der Waals surface area contributed by atoms with E-state index in [1.807, 2.05) is 30.3 Å². The number of aromatic hydroxyl groups is 1. The van der Waals surface area contributed by atoms with Gasteiger partial charge >= 0.3 is 5.63 Å². The summed E-state index contributed by atoms with van der Waals surface area (Å²) in [5.41, 5.74) is 2.16. The van der Waals surface area contributed by atoms with E-state index in [0.717, 1.165) is 29.6 Å². The molecule has 0 radical (unpaired) electrons. The molecule has 0 amide bonds. The first kappa shape index (κ1) is 25.3. The van der Waals surface area contributed by atoms with Crippen molar-refractivity contribution in [3.63, 3.8) is 0 Å². The van der Waals surface area contributed by atoms with Gasteiger partial charge in [0, 0.05) is 44.2 Å². The van der Waals surface area contributed by atoms with E-state index >= 15 is 0 Å². The first-order chi connectivity index (χ1) is 17.5. The number of fused-ring (bicyclic) bond motifs is 2. The highest BCUT2D eigenvalue weighted by Gasteiger charge is 2.34. The second kappa shape index (κ2) is 11.3. The Morgan fingerprint density at radius 2 is 1.94 bits per heavy atom. The van der Waals surface area contributed by atoms with E-state index in [0.29, 0.717) is 36.3 Å². The molecule has 2 aliphatic heterocycles. The second-order valence-electron chi connectivity index (χ2n) is 10.1. The van der Waals surface area contributed by atoms with E-state index in [2.05, 4.69) is 9.80 Å². The molecule has 1 aromatic heterocycles. The van der Waals surface area contributed by atoms with Gasteiger partial charge in [0.1, 0.15) is 11.3 Å². The highest BCUT2D eigenvalue weighted by atomic mass is 35.5. The van der Waals surface area contributed by atoms with Crippen molar-refractivity contribution in [1.82, 2.24) is 9.80 Å². The smallest absolute Gasteiger partial charge is 0.336 e. The first-order valence-electron chi connectivity index (χ1n) is 13.0. The number of phenols is 1. The van der Waals surface area contributed by atoms with Crippen molar-refractivity contribution in [2.24, 2.45) is 5.92 Å². The summed E-state index contributed by atoms with van der Waals surface area (Å²) in [5, 5.41) is 12.0. The molecule has 2 saturated heterocycles. The summed E-state index contributed by atoms with van der Waals surface area (Å²) in [6.45, 7) is 5.03. The zero-order chi connectivity index (χ0) is 25.1. The lowest BCUT2D eigenvalue weighted by Gasteiger charge is -2.45. The van der Waals surface area contributed by atoms with E-state index in [4.69, 9.17) is 20.8 Å². The SMILES string of the molecule is COCCN(Cc1c(O)c(Cl)cc2c(-c3ccccc3)cc(=O)oc12)CC1CCCN2CCCCC12. The molecule has 3 aromatic rings. The largest absolute Gasteiger partial charge is 0.506 e. The Morgan fingerprint density at radius 1 is 1.14 bits per heavy atom. The molecule has 36 heavy (non-hydrogen) atoms. The standard InChI is InChI=1S/C29H35ClN2O4/c1-35-15-14-31(18-21-10-7-13-32-12-6-5-11-26(21)32)19-24-28(34)25(30)16-23-22(17-27(33)36-29(23)24)20-8-3-2-4-9-20/h2-4,8-9,16-17,21,26,34H,5-7,10-15,18-19H2,1H3. The van der Waals surface area contributed by atoms with Crippen LogP contribution in [0.4, 0.5) is 0 Å². The Balaban J connectivity index is 1.52. The normalized spacial score (nSPS) is 20.6. The molecule has 0 spiro atoms. The van der Waals surface area contributed by atoms with Gasteiger partial charge in [-0.3, -0.25) is 4.90 Å². The Hall–Kier alpha value is -2.38. The van der Waals surface area contributed by atoms with Gasteiger partial charge in [0.2, 0.25) is 0 Å². The predicted molar refractivity (Wildman–Crippen MR) is 144 cm³/mol. The fraction of sp³-hybridized carbons (Fsp3) is 0.483. The molecule has 2 fully saturated rings. The minimum atomic E-state index is -0.446. The van der Waals surface area contributed by atoms with Crippen LogP contribution < -0.4 is 5.63 Å². The van der Waals surface area contributed by atoms with Gasteiger partial charge in [-0.25, -0.2) is 4.79 Å². The summed E-state index contributed by atoms with van der Waals surface area (Å²) in [5.74, 6) is 0.540. The van der Waals surface area contributed by atoms with Gasteiger partial charge in [0.25, 0.3) is 0 Å². The van der Waals surface area contributed by atoms with Crippen molar-refractivity contribution in [2.75, 3.05) is 39.9 Å². The predicted octanol–water partition coefficient (Wildman–Crippen LogP) is 5.53. The van der Waals surface area contributed by atoms with Gasteiger partial charge in [-0.15, -0.1) is 0 Å². The molecule has 2 atom stereocenters. The van der Waals surface area contributed by atoms with Crippen LogP contribution in [0.1, 0.15) is 37.7 Å². The molecule has 2 aromatic carbocycles. The van der Waals surface area contributed by atoms with Crippen molar-refractivity contribution in [1.29, 1.82) is 0 Å². The van der Waals surface area contributed by atoms with Gasteiger partial charge in [-0.2, -0.15) is 0 Å². The molecule has 1 N–H and O–H groups in total. The average Bonchev–Trinajstić information content (AvgIpc) is 2.90. The molecule has 2 unspecified atom stereocenters. The molecule has 0 aliphatic carbocycles. The van der Waals surface area contributed by atoms with Crippen LogP contribution in [0, 0.1) is 5.92 Å². The number of hydrogen-bond acceptors (Lipinski definition) is 6. The van der Waals surface area contributed by atoms with Crippen LogP contribution in [0.5, 0.6) is 5.75 Å². The number of methoxy groups -OCH3 is 1. The molecule has 3 heterocycles. The maximum absolute atomic E-state index is 12.6. The number of halogens is 1. The molecule has 5 rings (SSSR count). The zero-order valence-electron chi connectivity index (χ0n) is 20.9. The van der Waals surface area contributed by atoms with E-state index in [1.165, 1.54) is 51.3 Å². The third-order valence-corrected chi connectivity index (χ3v) is 8.14. The Bertz CT molecular complexity index is 1240. The molecular formula is C29H35ClN2O4. The van der Waals surface area contributed by atoms with Crippen molar-refractivity contribution < 1.29 is 14.3 Å². The third-order valence-electron chi connectivity index (χ3n) is 7.86. The van der Waals surface area contributed by atoms with Crippen LogP contribution in [-0.4, -0.2) is 60.8 Å². The second-order valence-corrected chi connectivity index (χ2v) is 10.5. The van der Waals surface area contributed by atoms with Crippen LogP contribution >= 0.6 is 11.6 Å². The van der Waals surface area contributed by atoms with Gasteiger partial charge in [0.15, 0.2) is 0 Å². The van der Waals surface area contributed by atoms with Crippen LogP contribution in [0.25, 0.3) is 22.1 Å². The minimum absolute atomic E-state index is 0.0251. The number of benzene rings is 2. The summed E-state index contributed by atoms with van der Waals surface area (Å²) in [7, 11) is 1.71. The Labute approximate surface area is 217 Å². The van der Waals surface area contributed by atoms with E-state index in [1.54, 1.807) is 13.2 Å². The Kier molecular flexibility index (Phi) is 7.96. The lowest BCUT2D eigenvalue weighted by molar-refractivity contribution is 0.0335. The van der Waals surface area contributed by atoms with Crippen LogP contribution in [0.3, 0.4) is 0 Å². The molecule has 2 aliphatic rings. The number of rotatable bonds is 8. The van der Waals surface area contributed by atoms with E-state index < -0.39 is 5.63 Å². The fourth-order valence-electron chi connectivity index (χ4n) is 6.12. The quantitative estimate of drug-likeness (QED) is 0.402. The molecular weight excluding hydrogens is 476 g/mol. The number of nitrogens with zero attached hydrogens (tertiary/aromatic N) is 2. The highest BCUT2D eigenvalue weighted by molar-refractivity contribution is 6.33. The van der Waals surface area contributed by atoms with Crippen LogP contribution in [-0.2, 0) is 11.3 Å². The average molecular weight is 511 g/mol. The summed E-state index contributed by atoms with van der Waals surface area (Å²) in [4.78, 5) is 17.6. The summed E-state index contributed by atoms with van der Waals surface area (Å²) >= 11 is 6.54. The topological polar surface area (TPSA) is 66.2 Å². The minimum Gasteiger partial charge on any atom is -0.506 e. The molecule has 7 heteroatoms. The molecule has 0 saturated carbocycles. The van der Waals surface area contributed by atoms with Crippen molar-refractivity contribution in [2.45, 2.75) is 44.7 Å². The maximum atomic E-state index is 12.6. The summed E-state index contributed by atoms with van der Waals surface area (Å²) in [6.07, 6.45) is 6.27. The first-order valence-corrected chi connectivity index (χ1v) is 13.4. The van der Waals surface area contributed by atoms with Crippen molar-refractivity contribution in [3.8, 4) is 16.9 Å². The summed E-state index contributed by atoms with van der Waals surface area (Å²) in [6, 6.07) is 13.5. The third kappa shape index (κ3) is 5.32. The van der Waals surface area contributed by atoms with Gasteiger partial charge in [0.05, 0.1) is 17.2 Å². The molecule has 0 bridgehead atoms.